The molecule has 1 saturated heterocycles. The third-order valence-electron chi connectivity index (χ3n) is 5.06. The van der Waals surface area contributed by atoms with Crippen molar-refractivity contribution < 1.29 is 28.5 Å². The highest BCUT2D eigenvalue weighted by Gasteiger charge is 2.24. The van der Waals surface area contributed by atoms with Crippen molar-refractivity contribution in [3.05, 3.63) is 53.3 Å². The molecule has 0 unspecified atom stereocenters. The molecule has 0 aliphatic carbocycles. The van der Waals surface area contributed by atoms with Gasteiger partial charge in [-0.1, -0.05) is 11.6 Å². The number of ether oxygens (including phenoxy) is 2. The summed E-state index contributed by atoms with van der Waals surface area (Å²) < 4.78 is 24.0. The average molecular weight is 424 g/mol. The van der Waals surface area contributed by atoms with E-state index >= 15 is 0 Å². The molecule has 2 aromatic rings. The molecule has 2 aromatic carbocycles. The lowest BCUT2D eigenvalue weighted by atomic mass is 10.3. The molecule has 3 N–H and O–H groups in total. The standard InChI is InChI=1S/C21H25ClFN3O3/c1-28-17-3-5-18(6-4-17)29-13-12-25-8-10-26(11-9-25)15-21(27)24-20-7-2-16(23)14-19(20)22/h2-7,14H,8-13,15H2,1H3,(H,24,27)/p+2. The minimum Gasteiger partial charge on any atom is -0.497 e. The lowest BCUT2D eigenvalue weighted by Crippen LogP contribution is -3.28. The number of rotatable bonds is 8. The third-order valence-corrected chi connectivity index (χ3v) is 5.38. The number of halogens is 2. The number of carbonyl (C=O) groups excluding carboxylic acids is 1. The van der Waals surface area contributed by atoms with Crippen LogP contribution in [0, 0.1) is 5.82 Å². The molecule has 0 saturated carbocycles. The molecule has 1 fully saturated rings. The van der Waals surface area contributed by atoms with Crippen LogP contribution in [0.2, 0.25) is 5.02 Å². The number of carbonyl (C=O) groups is 1. The van der Waals surface area contributed by atoms with Crippen LogP contribution in [0.3, 0.4) is 0 Å². The molecule has 1 aliphatic heterocycles. The second-order valence-electron chi connectivity index (χ2n) is 7.12. The zero-order valence-electron chi connectivity index (χ0n) is 16.5. The Kier molecular flexibility index (Phi) is 7.69. The maximum absolute atomic E-state index is 13.1. The molecule has 1 amide bonds. The van der Waals surface area contributed by atoms with E-state index < -0.39 is 5.82 Å². The molecule has 0 atom stereocenters. The van der Waals surface area contributed by atoms with Crippen LogP contribution in [-0.2, 0) is 4.79 Å². The van der Waals surface area contributed by atoms with Gasteiger partial charge in [0.25, 0.3) is 5.91 Å². The van der Waals surface area contributed by atoms with Crippen LogP contribution in [0.4, 0.5) is 10.1 Å². The van der Waals surface area contributed by atoms with Crippen molar-refractivity contribution in [3.63, 3.8) is 0 Å². The zero-order chi connectivity index (χ0) is 20.6. The van der Waals surface area contributed by atoms with Crippen molar-refractivity contribution >= 4 is 23.2 Å². The molecule has 29 heavy (non-hydrogen) atoms. The summed E-state index contributed by atoms with van der Waals surface area (Å²) in [6.45, 7) is 5.78. The summed E-state index contributed by atoms with van der Waals surface area (Å²) in [5.74, 6) is 1.12. The minimum atomic E-state index is -0.423. The van der Waals surface area contributed by atoms with E-state index in [2.05, 4.69) is 5.32 Å². The average Bonchev–Trinajstić information content (AvgIpc) is 2.72. The van der Waals surface area contributed by atoms with Gasteiger partial charge in [-0.25, -0.2) is 4.39 Å². The molecular formula is C21H27ClFN3O3+2. The lowest BCUT2D eigenvalue weighted by Gasteiger charge is -2.29. The van der Waals surface area contributed by atoms with E-state index in [1.807, 2.05) is 24.3 Å². The summed E-state index contributed by atoms with van der Waals surface area (Å²) in [5.41, 5.74) is 0.442. The largest absolute Gasteiger partial charge is 0.497 e. The summed E-state index contributed by atoms with van der Waals surface area (Å²) >= 11 is 5.96. The smallest absolute Gasteiger partial charge is 0.279 e. The number of hydrogen-bond donors (Lipinski definition) is 3. The Hall–Kier alpha value is -2.35. The summed E-state index contributed by atoms with van der Waals surface area (Å²) in [7, 11) is 1.64. The van der Waals surface area contributed by atoms with Gasteiger partial charge in [0.2, 0.25) is 0 Å². The van der Waals surface area contributed by atoms with Crippen LogP contribution < -0.4 is 24.6 Å². The number of piperazine rings is 1. The summed E-state index contributed by atoms with van der Waals surface area (Å²) in [4.78, 5) is 15.0. The van der Waals surface area contributed by atoms with E-state index in [1.54, 1.807) is 7.11 Å². The fourth-order valence-corrected chi connectivity index (χ4v) is 3.60. The summed E-state index contributed by atoms with van der Waals surface area (Å²) in [6.07, 6.45) is 0. The number of methoxy groups -OCH3 is 1. The van der Waals surface area contributed by atoms with Gasteiger partial charge >= 0.3 is 0 Å². The normalized spacial score (nSPS) is 18.9. The predicted molar refractivity (Wildman–Crippen MR) is 110 cm³/mol. The second kappa shape index (κ2) is 10.4. The highest BCUT2D eigenvalue weighted by molar-refractivity contribution is 6.33. The highest BCUT2D eigenvalue weighted by atomic mass is 35.5. The molecule has 0 radical (unpaired) electrons. The van der Waals surface area contributed by atoms with Crippen LogP contribution in [0.15, 0.2) is 42.5 Å². The Morgan fingerprint density at radius 2 is 1.72 bits per heavy atom. The topological polar surface area (TPSA) is 56.4 Å². The number of nitrogens with one attached hydrogen (secondary N) is 3. The van der Waals surface area contributed by atoms with Crippen LogP contribution >= 0.6 is 11.6 Å². The second-order valence-corrected chi connectivity index (χ2v) is 7.53. The van der Waals surface area contributed by atoms with Crippen LogP contribution in [0.1, 0.15) is 0 Å². The molecule has 0 aromatic heterocycles. The van der Waals surface area contributed by atoms with Crippen molar-refractivity contribution in [2.24, 2.45) is 0 Å². The first-order valence-corrected chi connectivity index (χ1v) is 10.1. The van der Waals surface area contributed by atoms with Crippen LogP contribution in [0.5, 0.6) is 11.5 Å². The van der Waals surface area contributed by atoms with E-state index in [0.717, 1.165) is 44.2 Å². The van der Waals surface area contributed by atoms with Crippen molar-refractivity contribution in [1.29, 1.82) is 0 Å². The monoisotopic (exact) mass is 423 g/mol. The Labute approximate surface area is 175 Å². The lowest BCUT2D eigenvalue weighted by molar-refractivity contribution is -1.01. The van der Waals surface area contributed by atoms with Gasteiger partial charge in [-0.2, -0.15) is 0 Å². The first-order valence-electron chi connectivity index (χ1n) is 9.72. The molecule has 1 aliphatic rings. The Bertz CT molecular complexity index is 811. The number of quaternary nitrogens is 2. The molecule has 156 valence electrons. The van der Waals surface area contributed by atoms with E-state index in [0.29, 0.717) is 18.8 Å². The molecule has 6 nitrogen and oxygen atoms in total. The molecular weight excluding hydrogens is 397 g/mol. The maximum Gasteiger partial charge on any atom is 0.279 e. The minimum absolute atomic E-state index is 0.111. The first kappa shape index (κ1) is 21.4. The van der Waals surface area contributed by atoms with E-state index in [1.165, 1.54) is 28.0 Å². The molecule has 1 heterocycles. The van der Waals surface area contributed by atoms with Gasteiger partial charge in [0, 0.05) is 0 Å². The van der Waals surface area contributed by atoms with Gasteiger partial charge in [-0.15, -0.1) is 0 Å². The number of anilines is 1. The zero-order valence-corrected chi connectivity index (χ0v) is 17.2. The molecule has 0 bridgehead atoms. The maximum atomic E-state index is 13.1. The quantitative estimate of drug-likeness (QED) is 0.572. The SMILES string of the molecule is COc1ccc(OCC[NH+]2CC[NH+](CC(=O)Nc3ccc(F)cc3Cl)CC2)cc1. The highest BCUT2D eigenvalue weighted by Crippen LogP contribution is 2.22. The van der Waals surface area contributed by atoms with Crippen molar-refractivity contribution in [1.82, 2.24) is 0 Å². The van der Waals surface area contributed by atoms with E-state index in [4.69, 9.17) is 21.1 Å². The van der Waals surface area contributed by atoms with Gasteiger partial charge in [-0.05, 0) is 42.5 Å². The van der Waals surface area contributed by atoms with Crippen molar-refractivity contribution in [3.8, 4) is 11.5 Å². The predicted octanol–water partition coefficient (Wildman–Crippen LogP) is 0.289. The number of benzene rings is 2. The van der Waals surface area contributed by atoms with Crippen LogP contribution in [-0.4, -0.2) is 58.9 Å². The fraction of sp³-hybridized carbons (Fsp3) is 0.381. The Morgan fingerprint density at radius 1 is 1.07 bits per heavy atom. The molecule has 3 rings (SSSR count). The van der Waals surface area contributed by atoms with Gasteiger partial charge in [-0.3, -0.25) is 4.79 Å². The molecule has 0 spiro atoms. The fourth-order valence-electron chi connectivity index (χ4n) is 3.38. The van der Waals surface area contributed by atoms with E-state index in [9.17, 15) is 9.18 Å². The first-order chi connectivity index (χ1) is 14.0. The van der Waals surface area contributed by atoms with Crippen molar-refractivity contribution in [2.45, 2.75) is 0 Å². The van der Waals surface area contributed by atoms with Crippen molar-refractivity contribution in [2.75, 3.05) is 58.3 Å². The number of hydrogen-bond acceptors (Lipinski definition) is 3. The van der Waals surface area contributed by atoms with Gasteiger partial charge in [0.1, 0.15) is 56.6 Å². The van der Waals surface area contributed by atoms with Gasteiger partial charge < -0.3 is 24.6 Å². The summed E-state index contributed by atoms with van der Waals surface area (Å²) in [5, 5.41) is 2.97. The Morgan fingerprint density at radius 3 is 2.38 bits per heavy atom. The van der Waals surface area contributed by atoms with Gasteiger partial charge in [0.15, 0.2) is 6.54 Å². The molecule has 8 heteroatoms. The Balaban J connectivity index is 1.34. The number of amides is 1. The third kappa shape index (κ3) is 6.59. The van der Waals surface area contributed by atoms with E-state index in [-0.39, 0.29) is 10.9 Å². The van der Waals surface area contributed by atoms with Crippen LogP contribution in [0.25, 0.3) is 0 Å². The summed E-state index contributed by atoms with van der Waals surface area (Å²) in [6, 6.07) is 11.5. The van der Waals surface area contributed by atoms with Gasteiger partial charge in [0.05, 0.1) is 17.8 Å².